The van der Waals surface area contributed by atoms with Crippen molar-refractivity contribution in [3.8, 4) is 0 Å². The lowest BCUT2D eigenvalue weighted by Crippen LogP contribution is -2.27. The van der Waals surface area contributed by atoms with E-state index < -0.39 is 11.4 Å². The maximum absolute atomic E-state index is 13.6. The summed E-state index contributed by atoms with van der Waals surface area (Å²) in [5, 5.41) is 9.68. The van der Waals surface area contributed by atoms with Crippen molar-refractivity contribution in [1.29, 1.82) is 0 Å². The maximum Gasteiger partial charge on any atom is 0.309 e. The van der Waals surface area contributed by atoms with Gasteiger partial charge in [-0.15, -0.1) is 0 Å². The van der Waals surface area contributed by atoms with Crippen LogP contribution in [0.5, 0.6) is 0 Å². The van der Waals surface area contributed by atoms with Crippen molar-refractivity contribution in [1.82, 2.24) is 4.57 Å². The monoisotopic (exact) mass is 249 g/mol. The molecule has 0 bridgehead atoms. The number of hydrogen-bond donors (Lipinski definition) is 1. The molecule has 2 rings (SSSR count). The van der Waals surface area contributed by atoms with Crippen LogP contribution in [0.3, 0.4) is 0 Å². The molecule has 18 heavy (non-hydrogen) atoms. The first kappa shape index (κ1) is 12.6. The van der Waals surface area contributed by atoms with Gasteiger partial charge < -0.3 is 9.67 Å². The lowest BCUT2D eigenvalue weighted by atomic mass is 9.88. The van der Waals surface area contributed by atoms with Gasteiger partial charge in [0, 0.05) is 24.5 Å². The van der Waals surface area contributed by atoms with Crippen molar-refractivity contribution in [3.05, 3.63) is 35.8 Å². The zero-order chi connectivity index (χ0) is 13.5. The summed E-state index contributed by atoms with van der Waals surface area (Å²) in [7, 11) is 1.83. The zero-order valence-electron chi connectivity index (χ0n) is 10.7. The van der Waals surface area contributed by atoms with Crippen LogP contribution in [-0.4, -0.2) is 15.6 Å². The second kappa shape index (κ2) is 4.12. The first-order valence-corrected chi connectivity index (χ1v) is 5.79. The van der Waals surface area contributed by atoms with Gasteiger partial charge in [0.05, 0.1) is 10.9 Å². The fraction of sp³-hybridized carbons (Fsp3) is 0.357. The third kappa shape index (κ3) is 1.98. The molecule has 0 saturated heterocycles. The molecule has 1 heterocycles. The Hall–Kier alpha value is -1.84. The zero-order valence-corrected chi connectivity index (χ0v) is 10.7. The highest BCUT2D eigenvalue weighted by atomic mass is 19.1. The van der Waals surface area contributed by atoms with Crippen LogP contribution in [0.15, 0.2) is 24.3 Å². The van der Waals surface area contributed by atoms with Crippen LogP contribution in [0, 0.1) is 11.2 Å². The minimum absolute atomic E-state index is 0.275. The van der Waals surface area contributed by atoms with E-state index in [-0.39, 0.29) is 5.82 Å². The third-order valence-corrected chi connectivity index (χ3v) is 3.34. The number of fused-ring (bicyclic) bond motifs is 1. The predicted octanol–water partition coefficient (Wildman–Crippen LogP) is 2.97. The summed E-state index contributed by atoms with van der Waals surface area (Å²) < 4.78 is 15.5. The van der Waals surface area contributed by atoms with E-state index in [4.69, 9.17) is 5.11 Å². The van der Waals surface area contributed by atoms with Crippen molar-refractivity contribution in [2.45, 2.75) is 20.3 Å². The molecule has 1 aromatic carbocycles. The number of aliphatic carboxylic acids is 1. The topological polar surface area (TPSA) is 42.2 Å². The molecular weight excluding hydrogens is 233 g/mol. The van der Waals surface area contributed by atoms with Crippen molar-refractivity contribution in [3.63, 3.8) is 0 Å². The molecule has 0 saturated carbocycles. The highest BCUT2D eigenvalue weighted by Crippen LogP contribution is 2.27. The molecule has 96 valence electrons. The Bertz CT molecular complexity index is 614. The lowest BCUT2D eigenvalue weighted by Gasteiger charge is -2.19. The van der Waals surface area contributed by atoms with Gasteiger partial charge in [-0.05, 0) is 32.0 Å². The van der Waals surface area contributed by atoms with E-state index in [1.165, 1.54) is 6.07 Å². The van der Waals surface area contributed by atoms with E-state index in [9.17, 15) is 9.18 Å². The van der Waals surface area contributed by atoms with Gasteiger partial charge in [-0.1, -0.05) is 6.07 Å². The van der Waals surface area contributed by atoms with Gasteiger partial charge in [0.15, 0.2) is 0 Å². The molecule has 0 spiro atoms. The minimum Gasteiger partial charge on any atom is -0.481 e. The summed E-state index contributed by atoms with van der Waals surface area (Å²) in [5.74, 6) is -1.13. The molecule has 0 aliphatic rings. The highest BCUT2D eigenvalue weighted by molar-refractivity contribution is 5.82. The third-order valence-electron chi connectivity index (χ3n) is 3.34. The number of hydrogen-bond acceptors (Lipinski definition) is 1. The summed E-state index contributed by atoms with van der Waals surface area (Å²) in [4.78, 5) is 11.1. The molecule has 1 aromatic heterocycles. The number of benzene rings is 1. The van der Waals surface area contributed by atoms with Crippen LogP contribution in [0.2, 0.25) is 0 Å². The first-order chi connectivity index (χ1) is 8.33. The Kier molecular flexibility index (Phi) is 2.89. The number of aryl methyl sites for hydroxylation is 1. The Morgan fingerprint density at radius 3 is 2.67 bits per heavy atom. The average molecular weight is 249 g/mol. The SMILES string of the molecule is Cn1c(CC(C)(C)C(=O)O)cc2c(F)cccc21. The van der Waals surface area contributed by atoms with Crippen LogP contribution in [-0.2, 0) is 18.3 Å². The van der Waals surface area contributed by atoms with Crippen LogP contribution in [0.1, 0.15) is 19.5 Å². The molecule has 2 aromatic rings. The molecule has 0 amide bonds. The van der Waals surface area contributed by atoms with E-state index >= 15 is 0 Å². The van der Waals surface area contributed by atoms with Crippen molar-refractivity contribution < 1.29 is 14.3 Å². The summed E-state index contributed by atoms with van der Waals surface area (Å²) >= 11 is 0. The molecule has 0 aliphatic heterocycles. The Labute approximate surface area is 105 Å². The van der Waals surface area contributed by atoms with Crippen LogP contribution < -0.4 is 0 Å². The van der Waals surface area contributed by atoms with Crippen molar-refractivity contribution in [2.24, 2.45) is 12.5 Å². The van der Waals surface area contributed by atoms with Gasteiger partial charge in [-0.25, -0.2) is 4.39 Å². The molecule has 0 fully saturated rings. The number of aromatic nitrogens is 1. The van der Waals surface area contributed by atoms with Crippen LogP contribution in [0.4, 0.5) is 4.39 Å². The number of carbonyl (C=O) groups is 1. The minimum atomic E-state index is -0.862. The van der Waals surface area contributed by atoms with Gasteiger partial charge in [-0.3, -0.25) is 4.79 Å². The predicted molar refractivity (Wildman–Crippen MR) is 68.0 cm³/mol. The molecule has 3 nitrogen and oxygen atoms in total. The molecule has 0 radical (unpaired) electrons. The van der Waals surface area contributed by atoms with Gasteiger partial charge in [0.25, 0.3) is 0 Å². The summed E-state index contributed by atoms with van der Waals surface area (Å²) in [6.07, 6.45) is 0.368. The van der Waals surface area contributed by atoms with Crippen molar-refractivity contribution in [2.75, 3.05) is 0 Å². The number of carboxylic acids is 1. The fourth-order valence-corrected chi connectivity index (χ4v) is 2.08. The van der Waals surface area contributed by atoms with E-state index in [1.807, 2.05) is 17.7 Å². The van der Waals surface area contributed by atoms with E-state index in [0.29, 0.717) is 11.8 Å². The highest BCUT2D eigenvalue weighted by Gasteiger charge is 2.28. The smallest absolute Gasteiger partial charge is 0.309 e. The number of carboxylic acid groups (broad SMARTS) is 1. The van der Waals surface area contributed by atoms with Crippen LogP contribution in [0.25, 0.3) is 10.9 Å². The van der Waals surface area contributed by atoms with Gasteiger partial charge >= 0.3 is 5.97 Å². The van der Waals surface area contributed by atoms with Crippen molar-refractivity contribution >= 4 is 16.9 Å². The molecule has 4 heteroatoms. The first-order valence-electron chi connectivity index (χ1n) is 5.79. The van der Waals surface area contributed by atoms with Gasteiger partial charge in [0.2, 0.25) is 0 Å². The molecule has 0 aliphatic carbocycles. The van der Waals surface area contributed by atoms with Gasteiger partial charge in [-0.2, -0.15) is 0 Å². The molecular formula is C14H16FNO2. The summed E-state index contributed by atoms with van der Waals surface area (Å²) in [6.45, 7) is 3.34. The molecule has 0 unspecified atom stereocenters. The number of rotatable bonds is 3. The fourth-order valence-electron chi connectivity index (χ4n) is 2.08. The van der Waals surface area contributed by atoms with E-state index in [1.54, 1.807) is 26.0 Å². The largest absolute Gasteiger partial charge is 0.481 e. The lowest BCUT2D eigenvalue weighted by molar-refractivity contribution is -0.146. The van der Waals surface area contributed by atoms with E-state index in [0.717, 1.165) is 11.2 Å². The molecule has 1 N–H and O–H groups in total. The number of nitrogens with zero attached hydrogens (tertiary/aromatic N) is 1. The second-order valence-electron chi connectivity index (χ2n) is 5.23. The average Bonchev–Trinajstić information content (AvgIpc) is 2.58. The van der Waals surface area contributed by atoms with Gasteiger partial charge in [0.1, 0.15) is 5.82 Å². The standard InChI is InChI=1S/C14H16FNO2/c1-14(2,13(17)18)8-9-7-10-11(15)5-4-6-12(10)16(9)3/h4-7H,8H2,1-3H3,(H,17,18). The Morgan fingerprint density at radius 1 is 1.44 bits per heavy atom. The molecule has 0 atom stereocenters. The quantitative estimate of drug-likeness (QED) is 0.908. The number of halogens is 1. The maximum atomic E-state index is 13.6. The second-order valence-corrected chi connectivity index (χ2v) is 5.23. The Balaban J connectivity index is 2.50. The van der Waals surface area contributed by atoms with E-state index in [2.05, 4.69) is 0 Å². The summed E-state index contributed by atoms with van der Waals surface area (Å²) in [6, 6.07) is 6.63. The van der Waals surface area contributed by atoms with Crippen LogP contribution >= 0.6 is 0 Å². The summed E-state index contributed by atoms with van der Waals surface area (Å²) in [5.41, 5.74) is 0.743. The Morgan fingerprint density at radius 2 is 2.11 bits per heavy atom. The normalized spacial score (nSPS) is 12.0.